The van der Waals surface area contributed by atoms with Crippen LogP contribution in [0.3, 0.4) is 0 Å². The Morgan fingerprint density at radius 1 is 1.15 bits per heavy atom. The van der Waals surface area contributed by atoms with Crippen LogP contribution in [0.1, 0.15) is 45.3 Å². The number of nitrogens with zero attached hydrogens (tertiary/aromatic N) is 2. The van der Waals surface area contributed by atoms with Gasteiger partial charge in [0.1, 0.15) is 0 Å². The first-order valence-corrected chi connectivity index (χ1v) is 7.95. The topological polar surface area (TPSA) is 54.9 Å². The predicted molar refractivity (Wildman–Crippen MR) is 82.0 cm³/mol. The van der Waals surface area contributed by atoms with Crippen LogP contribution in [-0.4, -0.2) is 15.9 Å². The fraction of sp³-hybridized carbons (Fsp3) is 0.312. The van der Waals surface area contributed by atoms with Crippen molar-refractivity contribution >= 4 is 17.5 Å². The molecule has 0 saturated heterocycles. The van der Waals surface area contributed by atoms with Gasteiger partial charge in [0.05, 0.1) is 27.9 Å². The van der Waals surface area contributed by atoms with Crippen LogP contribution in [0.2, 0.25) is 5.02 Å². The molecule has 3 rings (SSSR count). The number of aryl methyl sites for hydroxylation is 1. The molecule has 11 heteroatoms. The molecule has 144 valence electrons. The number of amides is 1. The largest absolute Gasteiger partial charge is 0.434 e. The number of alkyl halides is 6. The van der Waals surface area contributed by atoms with E-state index in [1.165, 1.54) is 0 Å². The maximum Gasteiger partial charge on any atom is 0.434 e. The molecule has 1 N–H and O–H groups in total. The van der Waals surface area contributed by atoms with Gasteiger partial charge in [0.15, 0.2) is 5.69 Å². The summed E-state index contributed by atoms with van der Waals surface area (Å²) in [7, 11) is 0. The van der Waals surface area contributed by atoms with Gasteiger partial charge in [-0.15, -0.1) is 0 Å². The lowest BCUT2D eigenvalue weighted by Gasteiger charge is -2.17. The summed E-state index contributed by atoms with van der Waals surface area (Å²) in [6.07, 6.45) is -7.60. The first-order valence-electron chi connectivity index (χ1n) is 7.57. The Morgan fingerprint density at radius 3 is 2.48 bits per heavy atom. The van der Waals surface area contributed by atoms with E-state index in [1.807, 2.05) is 0 Å². The molecule has 1 aliphatic carbocycles. The van der Waals surface area contributed by atoms with Crippen molar-refractivity contribution in [2.45, 2.75) is 31.2 Å². The number of carbonyl (C=O) groups excluding carboxylic acids is 1. The van der Waals surface area contributed by atoms with Crippen LogP contribution >= 0.6 is 11.6 Å². The van der Waals surface area contributed by atoms with Gasteiger partial charge in [0, 0.05) is 12.4 Å². The van der Waals surface area contributed by atoms with Crippen molar-refractivity contribution in [3.8, 4) is 0 Å². The molecule has 1 amide bonds. The zero-order valence-electron chi connectivity index (χ0n) is 13.2. The van der Waals surface area contributed by atoms with Crippen LogP contribution in [0.15, 0.2) is 24.5 Å². The second kappa shape index (κ2) is 6.66. The average molecular weight is 410 g/mol. The van der Waals surface area contributed by atoms with Crippen LogP contribution < -0.4 is 5.32 Å². The molecule has 0 fully saturated rings. The highest BCUT2D eigenvalue weighted by atomic mass is 35.5. The van der Waals surface area contributed by atoms with Crippen LogP contribution in [0.25, 0.3) is 0 Å². The summed E-state index contributed by atoms with van der Waals surface area (Å²) in [5.74, 6) is -1.13. The van der Waals surface area contributed by atoms with Crippen molar-refractivity contribution in [1.82, 2.24) is 15.3 Å². The smallest absolute Gasteiger partial charge is 0.344 e. The first kappa shape index (κ1) is 19.4. The number of pyridine rings is 2. The molecule has 0 saturated carbocycles. The molecule has 2 aromatic heterocycles. The van der Waals surface area contributed by atoms with E-state index in [4.69, 9.17) is 11.6 Å². The third kappa shape index (κ3) is 3.85. The number of carbonyl (C=O) groups is 1. The SMILES string of the molecule is O=C(NC1CCc2cc(C(F)(F)F)cnc21)c1c(Cl)ccnc1C(F)(F)F. The van der Waals surface area contributed by atoms with E-state index in [1.54, 1.807) is 0 Å². The van der Waals surface area contributed by atoms with E-state index in [-0.39, 0.29) is 24.1 Å². The highest BCUT2D eigenvalue weighted by Gasteiger charge is 2.39. The number of halogens is 7. The zero-order valence-corrected chi connectivity index (χ0v) is 14.0. The van der Waals surface area contributed by atoms with Crippen LogP contribution in [0, 0.1) is 0 Å². The fourth-order valence-corrected chi connectivity index (χ4v) is 3.10. The summed E-state index contributed by atoms with van der Waals surface area (Å²) in [5, 5.41) is 1.92. The van der Waals surface area contributed by atoms with Gasteiger partial charge in [-0.25, -0.2) is 0 Å². The van der Waals surface area contributed by atoms with Gasteiger partial charge >= 0.3 is 12.4 Å². The van der Waals surface area contributed by atoms with Crippen molar-refractivity contribution in [3.05, 3.63) is 57.6 Å². The molecule has 4 nitrogen and oxygen atoms in total. The molecule has 0 bridgehead atoms. The van der Waals surface area contributed by atoms with Crippen molar-refractivity contribution < 1.29 is 31.1 Å². The summed E-state index contributed by atoms with van der Waals surface area (Å²) in [6, 6.07) is 1.14. The lowest BCUT2D eigenvalue weighted by molar-refractivity contribution is -0.141. The Balaban J connectivity index is 1.88. The Hall–Kier alpha value is -2.36. The van der Waals surface area contributed by atoms with Gasteiger partial charge in [-0.1, -0.05) is 11.6 Å². The summed E-state index contributed by atoms with van der Waals surface area (Å²) in [5.41, 5.74) is -2.74. The number of hydrogen-bond donors (Lipinski definition) is 1. The van der Waals surface area contributed by atoms with E-state index < -0.39 is 46.1 Å². The molecule has 1 atom stereocenters. The Kier molecular flexibility index (Phi) is 4.79. The molecule has 2 aromatic rings. The summed E-state index contributed by atoms with van der Waals surface area (Å²) in [4.78, 5) is 19.3. The van der Waals surface area contributed by atoms with Gasteiger partial charge in [-0.05, 0) is 30.5 Å². The van der Waals surface area contributed by atoms with Gasteiger partial charge in [0.25, 0.3) is 5.91 Å². The molecule has 0 radical (unpaired) electrons. The van der Waals surface area contributed by atoms with Gasteiger partial charge < -0.3 is 5.32 Å². The van der Waals surface area contributed by atoms with Gasteiger partial charge in [-0.3, -0.25) is 14.8 Å². The molecule has 0 spiro atoms. The monoisotopic (exact) mass is 409 g/mol. The highest BCUT2D eigenvalue weighted by molar-refractivity contribution is 6.34. The fourth-order valence-electron chi connectivity index (χ4n) is 2.87. The molecular formula is C16H10ClF6N3O. The van der Waals surface area contributed by atoms with E-state index in [9.17, 15) is 31.1 Å². The van der Waals surface area contributed by atoms with Gasteiger partial charge in [-0.2, -0.15) is 26.3 Å². The van der Waals surface area contributed by atoms with E-state index in [0.29, 0.717) is 6.20 Å². The van der Waals surface area contributed by atoms with E-state index >= 15 is 0 Å². The molecule has 27 heavy (non-hydrogen) atoms. The minimum absolute atomic E-state index is 0.185. The highest BCUT2D eigenvalue weighted by Crippen LogP contribution is 2.37. The maximum absolute atomic E-state index is 13.1. The molecule has 2 heterocycles. The second-order valence-corrected chi connectivity index (χ2v) is 6.25. The van der Waals surface area contributed by atoms with Crippen LogP contribution in [0.5, 0.6) is 0 Å². The van der Waals surface area contributed by atoms with E-state index in [2.05, 4.69) is 15.3 Å². The Bertz CT molecular complexity index is 897. The Labute approximate surface area is 153 Å². The average Bonchev–Trinajstić information content (AvgIpc) is 2.95. The summed E-state index contributed by atoms with van der Waals surface area (Å²) in [6.45, 7) is 0. The lowest BCUT2D eigenvalue weighted by atomic mass is 10.1. The van der Waals surface area contributed by atoms with Gasteiger partial charge in [0.2, 0.25) is 0 Å². The quantitative estimate of drug-likeness (QED) is 0.738. The van der Waals surface area contributed by atoms with Crippen molar-refractivity contribution in [2.24, 2.45) is 0 Å². The minimum atomic E-state index is -4.90. The number of nitrogens with one attached hydrogen (secondary N) is 1. The minimum Gasteiger partial charge on any atom is -0.344 e. The van der Waals surface area contributed by atoms with Crippen molar-refractivity contribution in [1.29, 1.82) is 0 Å². The molecule has 1 unspecified atom stereocenters. The normalized spacial score (nSPS) is 16.9. The summed E-state index contributed by atoms with van der Waals surface area (Å²) < 4.78 is 77.5. The number of fused-ring (bicyclic) bond motifs is 1. The van der Waals surface area contributed by atoms with E-state index in [0.717, 1.165) is 18.3 Å². The number of aromatic nitrogens is 2. The molecule has 0 aromatic carbocycles. The second-order valence-electron chi connectivity index (χ2n) is 5.84. The van der Waals surface area contributed by atoms with Crippen molar-refractivity contribution in [3.63, 3.8) is 0 Å². The van der Waals surface area contributed by atoms with Crippen molar-refractivity contribution in [2.75, 3.05) is 0 Å². The van der Waals surface area contributed by atoms with Crippen LogP contribution in [0.4, 0.5) is 26.3 Å². The molecule has 1 aliphatic rings. The lowest BCUT2D eigenvalue weighted by Crippen LogP contribution is -2.30. The number of hydrogen-bond acceptors (Lipinski definition) is 3. The third-order valence-electron chi connectivity index (χ3n) is 4.06. The first-order chi connectivity index (χ1) is 12.5. The molecular weight excluding hydrogens is 400 g/mol. The predicted octanol–water partition coefficient (Wildman–Crippen LogP) is 4.58. The number of rotatable bonds is 2. The molecule has 0 aliphatic heterocycles. The standard InChI is InChI=1S/C16H10ClF6N3O/c17-9-3-4-24-13(16(21,22)23)11(9)14(27)26-10-2-1-7-5-8(15(18,19)20)6-25-12(7)10/h3-6,10H,1-2H2,(H,26,27). The zero-order chi connectivity index (χ0) is 20.0. The summed E-state index contributed by atoms with van der Waals surface area (Å²) >= 11 is 5.75. The third-order valence-corrected chi connectivity index (χ3v) is 4.38. The Morgan fingerprint density at radius 2 is 1.85 bits per heavy atom. The van der Waals surface area contributed by atoms with Crippen LogP contribution in [-0.2, 0) is 18.8 Å². The maximum atomic E-state index is 13.1.